The molecule has 29 heteroatoms. The van der Waals surface area contributed by atoms with Crippen molar-refractivity contribution in [2.24, 2.45) is 14.1 Å². The van der Waals surface area contributed by atoms with Crippen molar-refractivity contribution in [1.82, 2.24) is 79.0 Å². The molecule has 0 spiro atoms. The third-order valence-corrected chi connectivity index (χ3v) is 14.9. The van der Waals surface area contributed by atoms with E-state index in [1.165, 1.54) is 6.33 Å². The van der Waals surface area contributed by atoms with E-state index in [9.17, 15) is 45.0 Å². The minimum Gasteiger partial charge on any atom is -0.388 e. The van der Waals surface area contributed by atoms with E-state index in [1.54, 1.807) is 33.0 Å². The lowest BCUT2D eigenvalue weighted by Crippen LogP contribution is -2.46. The van der Waals surface area contributed by atoms with Crippen molar-refractivity contribution in [2.45, 2.75) is 124 Å². The fourth-order valence-corrected chi connectivity index (χ4v) is 10.9. The molecule has 0 unspecified atom stereocenters. The number of amides is 4. The van der Waals surface area contributed by atoms with Crippen LogP contribution in [0.1, 0.15) is 68.4 Å². The number of hydrogen-bond acceptors (Lipinski definition) is 21. The quantitative estimate of drug-likeness (QED) is 0.0404. The summed E-state index contributed by atoms with van der Waals surface area (Å²) < 4.78 is 7.10. The number of aromatic nitrogens is 12. The van der Waals surface area contributed by atoms with Gasteiger partial charge in [-0.1, -0.05) is 0 Å². The Hall–Kier alpha value is -7.31. The van der Waals surface area contributed by atoms with Gasteiger partial charge in [-0.25, -0.2) is 24.7 Å². The minimum absolute atomic E-state index is 0.0202. The van der Waals surface area contributed by atoms with Crippen molar-refractivity contribution in [3.8, 4) is 0 Å². The highest BCUT2D eigenvalue weighted by atomic mass is 16.3. The lowest BCUT2D eigenvalue weighted by molar-refractivity contribution is -0.126. The molecule has 4 aliphatic rings. The number of nitrogens with zero attached hydrogens (tertiary/aromatic N) is 13. The topological polar surface area (TPSA) is 383 Å². The van der Waals surface area contributed by atoms with Crippen LogP contribution in [0.3, 0.4) is 0 Å². The maximum atomic E-state index is 13.8. The zero-order valence-corrected chi connectivity index (χ0v) is 42.1. The fourth-order valence-electron chi connectivity index (χ4n) is 10.9. The molecule has 9 atom stereocenters. The summed E-state index contributed by atoms with van der Waals surface area (Å²) in [5, 5.41) is 84.7. The van der Waals surface area contributed by atoms with Crippen molar-refractivity contribution in [3.63, 3.8) is 0 Å². The normalized spacial score (nSPS) is 26.5. The maximum Gasteiger partial charge on any atom is 0.317 e. The molecule has 1 aliphatic heterocycles. The van der Waals surface area contributed by atoms with E-state index in [0.29, 0.717) is 117 Å². The molecule has 1 saturated heterocycles. The van der Waals surface area contributed by atoms with Crippen molar-refractivity contribution >= 4 is 63.7 Å². The number of anilines is 4. The number of urea groups is 1. The average Bonchev–Trinajstić information content (AvgIpc) is 4.31. The number of likely N-dealkylation sites (tertiary alicyclic amines) is 1. The fraction of sp³-hybridized carbons (Fsp3) is 0.596. The second-order valence-corrected chi connectivity index (χ2v) is 20.3. The van der Waals surface area contributed by atoms with Crippen LogP contribution in [0.4, 0.5) is 28.3 Å². The summed E-state index contributed by atoms with van der Waals surface area (Å²) in [6.07, 6.45) is 10.3. The molecule has 29 nitrogen and oxygen atoms in total. The standard InChI is InChI=1S/C47H66N20O9/c1-63-15-26(50-20-63)7-10-48-45-59-41(35-43(61-45)66(22-52-35)31-13-29(37(72)39(31)74)57-33(70)18-68)54-24-3-5-25(6-4-24)56-47(76)65-12-9-28(17-65)55-42-36-44(62-46(60-42)49-11-8-27-16-64(2)21-51-27)67(23-53-36)32-14-30(38(73)40(32)75)58-34(71)19-69/h15-16,20-25,28-32,37-40,68-69,72-75H,3-14,17-19H2,1-2H3,(H,56,76)(H,57,70)(H,58,71)(H2,48,54,59,61)(H2,49,55,60,62)/t24?,25?,28-,29+,30+,31-,32-,37-,38-,39+,40+/m1/s1. The lowest BCUT2D eigenvalue weighted by Gasteiger charge is -2.31. The Morgan fingerprint density at radius 3 is 1.51 bits per heavy atom. The molecule has 3 aliphatic carbocycles. The highest BCUT2D eigenvalue weighted by molar-refractivity contribution is 5.86. The summed E-state index contributed by atoms with van der Waals surface area (Å²) in [7, 11) is 3.80. The van der Waals surface area contributed by atoms with Crippen molar-refractivity contribution in [2.75, 3.05) is 60.7 Å². The number of aryl methyl sites for hydroxylation is 2. The van der Waals surface area contributed by atoms with Gasteiger partial charge in [-0.15, -0.1) is 0 Å². The zero-order chi connectivity index (χ0) is 53.2. The van der Waals surface area contributed by atoms with Crippen LogP contribution in [0.15, 0.2) is 37.7 Å². The summed E-state index contributed by atoms with van der Waals surface area (Å²) >= 11 is 0. The van der Waals surface area contributed by atoms with E-state index >= 15 is 0 Å². The molecule has 13 N–H and O–H groups in total. The van der Waals surface area contributed by atoms with Gasteiger partial charge in [-0.05, 0) is 44.9 Å². The maximum absolute atomic E-state index is 13.8. The summed E-state index contributed by atoms with van der Waals surface area (Å²) in [5.74, 6) is 0.200. The molecular weight excluding hydrogens is 989 g/mol. The molecule has 10 rings (SSSR count). The van der Waals surface area contributed by atoms with Crippen LogP contribution in [-0.2, 0) is 36.5 Å². The first-order valence-corrected chi connectivity index (χ1v) is 25.7. The Morgan fingerprint density at radius 1 is 0.579 bits per heavy atom. The van der Waals surface area contributed by atoms with E-state index in [0.717, 1.165) is 11.4 Å². The zero-order valence-electron chi connectivity index (χ0n) is 42.1. The molecule has 408 valence electrons. The highest BCUT2D eigenvalue weighted by Crippen LogP contribution is 2.37. The Bertz CT molecular complexity index is 3010. The number of aliphatic hydroxyl groups excluding tert-OH is 6. The molecule has 6 aromatic heterocycles. The first-order chi connectivity index (χ1) is 36.7. The molecular formula is C47H66N20O9. The number of fused-ring (bicyclic) bond motifs is 2. The van der Waals surface area contributed by atoms with Crippen molar-refractivity contribution in [1.29, 1.82) is 0 Å². The molecule has 76 heavy (non-hydrogen) atoms. The van der Waals surface area contributed by atoms with E-state index in [2.05, 4.69) is 57.2 Å². The third-order valence-electron chi connectivity index (χ3n) is 14.9. The highest BCUT2D eigenvalue weighted by Gasteiger charge is 2.45. The van der Waals surface area contributed by atoms with Crippen LogP contribution in [-0.4, -0.2) is 206 Å². The van der Waals surface area contributed by atoms with E-state index in [-0.39, 0.29) is 37.0 Å². The molecule has 4 amide bonds. The van der Waals surface area contributed by atoms with Crippen LogP contribution < -0.4 is 37.2 Å². The van der Waals surface area contributed by atoms with Crippen LogP contribution in [0.5, 0.6) is 0 Å². The van der Waals surface area contributed by atoms with Crippen LogP contribution in [0.25, 0.3) is 22.3 Å². The largest absolute Gasteiger partial charge is 0.388 e. The monoisotopic (exact) mass is 1050 g/mol. The van der Waals surface area contributed by atoms with Gasteiger partial charge >= 0.3 is 6.03 Å². The molecule has 0 radical (unpaired) electrons. The van der Waals surface area contributed by atoms with Gasteiger partial charge in [0.15, 0.2) is 34.0 Å². The Balaban J connectivity index is 0.779. The number of imidazole rings is 4. The van der Waals surface area contributed by atoms with Crippen molar-refractivity contribution < 1.29 is 45.0 Å². The Morgan fingerprint density at radius 2 is 1.05 bits per heavy atom. The van der Waals surface area contributed by atoms with Crippen LogP contribution in [0, 0.1) is 0 Å². The lowest BCUT2D eigenvalue weighted by atomic mass is 9.91. The molecule has 6 aromatic rings. The number of nitrogens with one attached hydrogen (secondary N) is 7. The van der Waals surface area contributed by atoms with Gasteiger partial charge in [0.1, 0.15) is 37.6 Å². The smallest absolute Gasteiger partial charge is 0.317 e. The molecule has 0 aromatic carbocycles. The van der Waals surface area contributed by atoms with Gasteiger partial charge in [-0.3, -0.25) is 9.59 Å². The second-order valence-electron chi connectivity index (χ2n) is 20.3. The van der Waals surface area contributed by atoms with E-state index in [1.807, 2.05) is 35.6 Å². The van der Waals surface area contributed by atoms with E-state index in [4.69, 9.17) is 19.9 Å². The Kier molecular flexibility index (Phi) is 15.4. The molecule has 3 saturated carbocycles. The first-order valence-electron chi connectivity index (χ1n) is 25.7. The number of carbonyl (C=O) groups is 3. The van der Waals surface area contributed by atoms with Gasteiger partial charge in [0, 0.05) is 83.6 Å². The van der Waals surface area contributed by atoms with Crippen LogP contribution in [0.2, 0.25) is 0 Å². The van der Waals surface area contributed by atoms with E-state index < -0.39 is 73.6 Å². The summed E-state index contributed by atoms with van der Waals surface area (Å²) in [4.78, 5) is 77.0. The summed E-state index contributed by atoms with van der Waals surface area (Å²) in [5.41, 5.74) is 3.46. The van der Waals surface area contributed by atoms with Gasteiger partial charge in [0.2, 0.25) is 23.7 Å². The summed E-state index contributed by atoms with van der Waals surface area (Å²) in [6, 6.07) is -3.46. The number of hydrogen-bond donors (Lipinski definition) is 13. The average molecular weight is 1060 g/mol. The van der Waals surface area contributed by atoms with Crippen molar-refractivity contribution in [3.05, 3.63) is 49.1 Å². The van der Waals surface area contributed by atoms with Gasteiger partial charge in [-0.2, -0.15) is 19.9 Å². The number of aliphatic hydroxyl groups is 6. The SMILES string of the molecule is Cn1cnc(CCNc2nc(NC3CCC(NC(=O)N4CC[C@@H](Nc5nc(NCCc6cn(C)cn6)nc6c5ncn6[C@@H]5C[C@H](NC(=O)CO)[C@@H](O)[C@H]5O)C4)CC3)c3ncn([C@@H]4C[C@H](NC(=O)CO)[C@@H](O)[C@H]4O)c3n2)c1. The van der Waals surface area contributed by atoms with Crippen LogP contribution >= 0.6 is 0 Å². The predicted octanol–water partition coefficient (Wildman–Crippen LogP) is -2.35. The number of carbonyl (C=O) groups excluding carboxylic acids is 3. The molecule has 7 heterocycles. The van der Waals surface area contributed by atoms with Gasteiger partial charge < -0.3 is 91.0 Å². The number of rotatable bonds is 19. The first kappa shape index (κ1) is 52.1. The third kappa shape index (κ3) is 11.3. The van der Waals surface area contributed by atoms with Gasteiger partial charge in [0.05, 0.1) is 60.9 Å². The predicted molar refractivity (Wildman–Crippen MR) is 273 cm³/mol. The molecule has 0 bridgehead atoms. The minimum atomic E-state index is -1.29. The second kappa shape index (κ2) is 22.5. The Labute approximate surface area is 435 Å². The molecule has 4 fully saturated rings. The van der Waals surface area contributed by atoms with Gasteiger partial charge in [0.25, 0.3) is 0 Å². The summed E-state index contributed by atoms with van der Waals surface area (Å²) in [6.45, 7) is 0.325.